The molecule has 0 amide bonds. The summed E-state index contributed by atoms with van der Waals surface area (Å²) in [7, 11) is 0. The Balaban J connectivity index is 3.69. The van der Waals surface area contributed by atoms with Crippen LogP contribution in [0.2, 0.25) is 0 Å². The van der Waals surface area contributed by atoms with E-state index in [2.05, 4.69) is 0 Å². The van der Waals surface area contributed by atoms with Gasteiger partial charge in [-0.15, -0.1) is 34.8 Å². The second kappa shape index (κ2) is 5.44. The van der Waals surface area contributed by atoms with Crippen LogP contribution in [-0.2, 0) is 0 Å². The maximum atomic E-state index is 8.95. The van der Waals surface area contributed by atoms with Crippen LogP contribution in [0.15, 0.2) is 0 Å². The zero-order valence-corrected chi connectivity index (χ0v) is 7.44. The fourth-order valence-electron chi connectivity index (χ4n) is 0.427. The highest BCUT2D eigenvalue weighted by molar-refractivity contribution is 6.24. The molecule has 0 rings (SSSR count). The van der Waals surface area contributed by atoms with Crippen molar-refractivity contribution in [2.45, 2.75) is 17.6 Å². The van der Waals surface area contributed by atoms with Gasteiger partial charge in [0.05, 0.1) is 17.6 Å². The molecule has 0 heterocycles. The Morgan fingerprint density at radius 1 is 1.00 bits per heavy atom. The van der Waals surface area contributed by atoms with Gasteiger partial charge in [-0.05, 0) is 0 Å². The molecule has 5 heteroatoms. The smallest absolute Gasteiger partial charge is 0.0877 e. The molecular formula is C5H9Cl3O2. The highest BCUT2D eigenvalue weighted by atomic mass is 35.5. The molecule has 10 heavy (non-hydrogen) atoms. The molecule has 0 aromatic carbocycles. The standard InChI is InChI=1S/C5H9Cl3O2/c6-1-3(9)5(8)4(10)2-7/h3-5,9-10H,1-2H2. The summed E-state index contributed by atoms with van der Waals surface area (Å²) in [5.41, 5.74) is 0. The van der Waals surface area contributed by atoms with E-state index in [0.717, 1.165) is 0 Å². The number of hydrogen-bond donors (Lipinski definition) is 2. The summed E-state index contributed by atoms with van der Waals surface area (Å²) < 4.78 is 0. The van der Waals surface area contributed by atoms with Crippen LogP contribution in [0.1, 0.15) is 0 Å². The van der Waals surface area contributed by atoms with Crippen LogP contribution in [0.25, 0.3) is 0 Å². The lowest BCUT2D eigenvalue weighted by atomic mass is 10.2. The van der Waals surface area contributed by atoms with Crippen LogP contribution < -0.4 is 0 Å². The van der Waals surface area contributed by atoms with Crippen LogP contribution in [0.5, 0.6) is 0 Å². The van der Waals surface area contributed by atoms with Crippen molar-refractivity contribution in [2.24, 2.45) is 0 Å². The van der Waals surface area contributed by atoms with E-state index in [1.807, 2.05) is 0 Å². The minimum Gasteiger partial charge on any atom is -0.390 e. The van der Waals surface area contributed by atoms with E-state index in [9.17, 15) is 0 Å². The molecule has 0 saturated heterocycles. The normalized spacial score (nSPS) is 20.1. The van der Waals surface area contributed by atoms with Crippen molar-refractivity contribution >= 4 is 34.8 Å². The zero-order chi connectivity index (χ0) is 8.15. The summed E-state index contributed by atoms with van der Waals surface area (Å²) in [6.45, 7) is 0. The van der Waals surface area contributed by atoms with Gasteiger partial charge in [-0.25, -0.2) is 0 Å². The van der Waals surface area contributed by atoms with Gasteiger partial charge in [0.15, 0.2) is 0 Å². The molecule has 2 unspecified atom stereocenters. The minimum atomic E-state index is -0.905. The number of aliphatic hydroxyl groups excluding tert-OH is 2. The third-order valence-electron chi connectivity index (χ3n) is 1.05. The average Bonchev–Trinajstić information content (AvgIpc) is 2.00. The Bertz CT molecular complexity index is 81.0. The number of hydrogen-bond acceptors (Lipinski definition) is 2. The van der Waals surface area contributed by atoms with Crippen LogP contribution in [0.4, 0.5) is 0 Å². The van der Waals surface area contributed by atoms with Crippen LogP contribution >= 0.6 is 34.8 Å². The lowest BCUT2D eigenvalue weighted by molar-refractivity contribution is 0.111. The summed E-state index contributed by atoms with van der Waals surface area (Å²) in [4.78, 5) is 0. The highest BCUT2D eigenvalue weighted by Gasteiger charge is 2.22. The number of halogens is 3. The molecule has 0 aliphatic heterocycles. The van der Waals surface area contributed by atoms with E-state index in [-0.39, 0.29) is 11.8 Å². The van der Waals surface area contributed by atoms with Crippen molar-refractivity contribution in [3.63, 3.8) is 0 Å². The highest BCUT2D eigenvalue weighted by Crippen LogP contribution is 2.10. The Morgan fingerprint density at radius 2 is 1.30 bits per heavy atom. The predicted molar refractivity (Wildman–Crippen MR) is 43.1 cm³/mol. The van der Waals surface area contributed by atoms with E-state index in [0.29, 0.717) is 0 Å². The Hall–Kier alpha value is 0.790. The maximum absolute atomic E-state index is 8.95. The molecule has 0 aliphatic rings. The van der Waals surface area contributed by atoms with Gasteiger partial charge in [0, 0.05) is 11.8 Å². The summed E-state index contributed by atoms with van der Waals surface area (Å²) in [5, 5.41) is 17.1. The monoisotopic (exact) mass is 206 g/mol. The average molecular weight is 207 g/mol. The predicted octanol–water partition coefficient (Wildman–Crippen LogP) is 0.793. The van der Waals surface area contributed by atoms with E-state index < -0.39 is 17.6 Å². The first-order chi connectivity index (χ1) is 4.63. The summed E-state index contributed by atoms with van der Waals surface area (Å²) in [6.07, 6.45) is -1.81. The number of rotatable bonds is 4. The Kier molecular flexibility index (Phi) is 5.87. The maximum Gasteiger partial charge on any atom is 0.0877 e. The van der Waals surface area contributed by atoms with Crippen LogP contribution in [-0.4, -0.2) is 39.6 Å². The van der Waals surface area contributed by atoms with Crippen molar-refractivity contribution in [1.29, 1.82) is 0 Å². The minimum absolute atomic E-state index is 0.00210. The van der Waals surface area contributed by atoms with Gasteiger partial charge in [0.2, 0.25) is 0 Å². The van der Waals surface area contributed by atoms with Gasteiger partial charge in [0.25, 0.3) is 0 Å². The fraction of sp³-hybridized carbons (Fsp3) is 1.00. The molecule has 0 spiro atoms. The molecule has 0 radical (unpaired) electrons. The topological polar surface area (TPSA) is 40.5 Å². The van der Waals surface area contributed by atoms with Crippen molar-refractivity contribution in [3.05, 3.63) is 0 Å². The Labute approximate surface area is 74.7 Å². The largest absolute Gasteiger partial charge is 0.390 e. The van der Waals surface area contributed by atoms with Crippen molar-refractivity contribution < 1.29 is 10.2 Å². The number of alkyl halides is 3. The second-order valence-electron chi connectivity index (χ2n) is 1.89. The first-order valence-corrected chi connectivity index (χ1v) is 4.26. The zero-order valence-electron chi connectivity index (χ0n) is 5.17. The van der Waals surface area contributed by atoms with Crippen molar-refractivity contribution in [2.75, 3.05) is 11.8 Å². The van der Waals surface area contributed by atoms with Crippen LogP contribution in [0.3, 0.4) is 0 Å². The quantitative estimate of drug-likeness (QED) is 0.670. The molecule has 0 saturated carbocycles. The van der Waals surface area contributed by atoms with Crippen molar-refractivity contribution in [3.8, 4) is 0 Å². The molecule has 2 N–H and O–H groups in total. The van der Waals surface area contributed by atoms with Gasteiger partial charge in [0.1, 0.15) is 0 Å². The molecule has 0 bridgehead atoms. The molecule has 62 valence electrons. The third kappa shape index (κ3) is 3.26. The van der Waals surface area contributed by atoms with E-state index in [4.69, 9.17) is 45.0 Å². The van der Waals surface area contributed by atoms with Gasteiger partial charge in [-0.2, -0.15) is 0 Å². The lowest BCUT2D eigenvalue weighted by Crippen LogP contribution is -2.35. The van der Waals surface area contributed by atoms with E-state index in [1.165, 1.54) is 0 Å². The molecule has 0 aromatic rings. The van der Waals surface area contributed by atoms with Crippen LogP contribution in [0, 0.1) is 0 Å². The summed E-state index contributed by atoms with van der Waals surface area (Å²) >= 11 is 16.0. The first kappa shape index (κ1) is 10.8. The first-order valence-electron chi connectivity index (χ1n) is 2.75. The molecule has 0 aliphatic carbocycles. The van der Waals surface area contributed by atoms with E-state index in [1.54, 1.807) is 0 Å². The summed E-state index contributed by atoms with van der Waals surface area (Å²) in [5.74, 6) is 0.00420. The van der Waals surface area contributed by atoms with Gasteiger partial charge >= 0.3 is 0 Å². The van der Waals surface area contributed by atoms with Gasteiger partial charge < -0.3 is 10.2 Å². The SMILES string of the molecule is OC(CCl)C(Cl)C(O)CCl. The van der Waals surface area contributed by atoms with Gasteiger partial charge in [-0.3, -0.25) is 0 Å². The third-order valence-corrected chi connectivity index (χ3v) is 2.27. The Morgan fingerprint density at radius 3 is 1.50 bits per heavy atom. The molecule has 0 aromatic heterocycles. The molecular weight excluding hydrogens is 198 g/mol. The van der Waals surface area contributed by atoms with Crippen molar-refractivity contribution in [1.82, 2.24) is 0 Å². The number of aliphatic hydroxyl groups is 2. The lowest BCUT2D eigenvalue weighted by Gasteiger charge is -2.17. The molecule has 2 nitrogen and oxygen atoms in total. The second-order valence-corrected chi connectivity index (χ2v) is 3.01. The fourth-order valence-corrected chi connectivity index (χ4v) is 1.17. The summed E-state index contributed by atoms with van der Waals surface area (Å²) in [6, 6.07) is 0. The molecule has 2 atom stereocenters. The van der Waals surface area contributed by atoms with Gasteiger partial charge in [-0.1, -0.05) is 0 Å². The van der Waals surface area contributed by atoms with E-state index >= 15 is 0 Å². The molecule has 0 fully saturated rings.